The molecule has 0 radical (unpaired) electrons. The molecule has 0 aliphatic carbocycles. The van der Waals surface area contributed by atoms with Crippen LogP contribution in [0.1, 0.15) is 28.4 Å². The zero-order chi connectivity index (χ0) is 14.3. The molecule has 0 spiro atoms. The second-order valence-electron chi connectivity index (χ2n) is 5.18. The number of halogens is 1. The van der Waals surface area contributed by atoms with Crippen LogP contribution in [0.25, 0.3) is 0 Å². The van der Waals surface area contributed by atoms with Gasteiger partial charge in [-0.2, -0.15) is 0 Å². The minimum absolute atomic E-state index is 0.214. The molecule has 5 heteroatoms. The van der Waals surface area contributed by atoms with Gasteiger partial charge in [0.1, 0.15) is 5.82 Å². The molecule has 0 saturated heterocycles. The van der Waals surface area contributed by atoms with E-state index in [1.807, 2.05) is 24.3 Å². The zero-order valence-electron chi connectivity index (χ0n) is 10.9. The Labute approximate surface area is 121 Å². The van der Waals surface area contributed by atoms with Crippen LogP contribution in [0.15, 0.2) is 36.5 Å². The van der Waals surface area contributed by atoms with E-state index in [4.69, 9.17) is 16.7 Å². The lowest BCUT2D eigenvalue weighted by Gasteiger charge is -2.25. The number of nitrogens with one attached hydrogen (secondary N) is 1. The number of fused-ring (bicyclic) bond motifs is 1. The van der Waals surface area contributed by atoms with Crippen molar-refractivity contribution in [2.75, 3.05) is 5.32 Å². The summed E-state index contributed by atoms with van der Waals surface area (Å²) in [5, 5.41) is 13.1. The highest BCUT2D eigenvalue weighted by Crippen LogP contribution is 2.38. The summed E-state index contributed by atoms with van der Waals surface area (Å²) in [6.45, 7) is 2.07. The average molecular weight is 289 g/mol. The molecule has 1 aromatic heterocycles. The number of benzene rings is 1. The minimum Gasteiger partial charge on any atom is -0.478 e. The van der Waals surface area contributed by atoms with Crippen LogP contribution in [0.4, 0.5) is 5.82 Å². The molecular weight excluding hydrogens is 276 g/mol. The number of anilines is 1. The highest BCUT2D eigenvalue weighted by Gasteiger charge is 2.35. The van der Waals surface area contributed by atoms with E-state index in [9.17, 15) is 4.79 Å². The van der Waals surface area contributed by atoms with Crippen LogP contribution in [-0.2, 0) is 12.0 Å². The normalized spacial score (nSPS) is 20.3. The van der Waals surface area contributed by atoms with Crippen LogP contribution in [-0.4, -0.2) is 16.1 Å². The number of carbonyl (C=O) groups is 1. The van der Waals surface area contributed by atoms with Gasteiger partial charge in [-0.1, -0.05) is 23.7 Å². The van der Waals surface area contributed by atoms with Gasteiger partial charge in [0.2, 0.25) is 0 Å². The van der Waals surface area contributed by atoms with Gasteiger partial charge in [-0.05, 0) is 36.2 Å². The van der Waals surface area contributed by atoms with E-state index >= 15 is 0 Å². The molecular formula is C15H13ClN2O2. The summed E-state index contributed by atoms with van der Waals surface area (Å²) in [6, 6.07) is 9.32. The van der Waals surface area contributed by atoms with E-state index in [0.29, 0.717) is 11.4 Å². The Balaban J connectivity index is 1.96. The molecule has 2 N–H and O–H groups in total. The lowest BCUT2D eigenvalue weighted by Crippen LogP contribution is -2.29. The molecule has 2 aromatic rings. The Kier molecular flexibility index (Phi) is 2.91. The van der Waals surface area contributed by atoms with Gasteiger partial charge in [0, 0.05) is 17.6 Å². The van der Waals surface area contributed by atoms with Gasteiger partial charge in [0.15, 0.2) is 0 Å². The number of carboxylic acid groups (broad SMARTS) is 1. The van der Waals surface area contributed by atoms with Crippen molar-refractivity contribution in [1.29, 1.82) is 0 Å². The van der Waals surface area contributed by atoms with Crippen LogP contribution >= 0.6 is 11.6 Å². The smallest absolute Gasteiger partial charge is 0.337 e. The third-order valence-electron chi connectivity index (χ3n) is 3.63. The fourth-order valence-electron chi connectivity index (χ4n) is 2.55. The molecule has 3 rings (SSSR count). The van der Waals surface area contributed by atoms with Crippen molar-refractivity contribution in [3.05, 3.63) is 58.2 Å². The number of hydrogen-bond donors (Lipinski definition) is 2. The van der Waals surface area contributed by atoms with E-state index < -0.39 is 5.97 Å². The maximum atomic E-state index is 11.0. The fourth-order valence-corrected chi connectivity index (χ4v) is 2.68. The number of rotatable bonds is 2. The topological polar surface area (TPSA) is 62.2 Å². The maximum Gasteiger partial charge on any atom is 0.337 e. The summed E-state index contributed by atoms with van der Waals surface area (Å²) in [6.07, 6.45) is 2.07. The largest absolute Gasteiger partial charge is 0.478 e. The van der Waals surface area contributed by atoms with E-state index in [2.05, 4.69) is 17.2 Å². The third kappa shape index (κ3) is 2.12. The van der Waals surface area contributed by atoms with Crippen molar-refractivity contribution in [3.63, 3.8) is 0 Å². The molecule has 0 bridgehead atoms. The first-order chi connectivity index (χ1) is 9.48. The zero-order valence-corrected chi connectivity index (χ0v) is 11.6. The summed E-state index contributed by atoms with van der Waals surface area (Å²) in [5.41, 5.74) is 1.93. The van der Waals surface area contributed by atoms with Gasteiger partial charge in [-0.3, -0.25) is 0 Å². The molecule has 0 fully saturated rings. The summed E-state index contributed by atoms with van der Waals surface area (Å²) >= 11 is 5.91. The number of aromatic nitrogens is 1. The van der Waals surface area contributed by atoms with Gasteiger partial charge in [-0.25, -0.2) is 9.78 Å². The highest BCUT2D eigenvalue weighted by molar-refractivity contribution is 6.30. The van der Waals surface area contributed by atoms with Crippen LogP contribution in [0.3, 0.4) is 0 Å². The van der Waals surface area contributed by atoms with Crippen LogP contribution in [0.5, 0.6) is 0 Å². The summed E-state index contributed by atoms with van der Waals surface area (Å²) in [5.74, 6) is -0.215. The first kappa shape index (κ1) is 12.9. The lowest BCUT2D eigenvalue weighted by molar-refractivity contribution is 0.0696. The van der Waals surface area contributed by atoms with E-state index in [-0.39, 0.29) is 11.1 Å². The molecule has 1 aliphatic heterocycles. The summed E-state index contributed by atoms with van der Waals surface area (Å²) in [7, 11) is 0. The summed E-state index contributed by atoms with van der Waals surface area (Å²) < 4.78 is 0. The van der Waals surface area contributed by atoms with Crippen LogP contribution in [0.2, 0.25) is 5.02 Å². The van der Waals surface area contributed by atoms with Crippen molar-refractivity contribution < 1.29 is 9.90 Å². The molecule has 0 saturated carbocycles. The number of aromatic carboxylic acids is 1. The van der Waals surface area contributed by atoms with Gasteiger partial charge in [0.25, 0.3) is 0 Å². The van der Waals surface area contributed by atoms with Crippen molar-refractivity contribution in [1.82, 2.24) is 4.98 Å². The maximum absolute atomic E-state index is 11.0. The van der Waals surface area contributed by atoms with Crippen LogP contribution in [0, 0.1) is 0 Å². The Morgan fingerprint density at radius 1 is 1.40 bits per heavy atom. The van der Waals surface area contributed by atoms with Crippen LogP contribution < -0.4 is 5.32 Å². The summed E-state index contributed by atoms with van der Waals surface area (Å²) in [4.78, 5) is 15.2. The second-order valence-corrected chi connectivity index (χ2v) is 5.61. The van der Waals surface area contributed by atoms with Crippen molar-refractivity contribution >= 4 is 23.4 Å². The highest BCUT2D eigenvalue weighted by atomic mass is 35.5. The van der Waals surface area contributed by atoms with Gasteiger partial charge in [0.05, 0.1) is 11.1 Å². The quantitative estimate of drug-likeness (QED) is 0.890. The van der Waals surface area contributed by atoms with E-state index in [1.54, 1.807) is 6.07 Å². The van der Waals surface area contributed by atoms with Crippen molar-refractivity contribution in [3.8, 4) is 0 Å². The number of nitrogens with zero attached hydrogens (tertiary/aromatic N) is 1. The second kappa shape index (κ2) is 4.49. The monoisotopic (exact) mass is 288 g/mol. The number of pyridine rings is 1. The minimum atomic E-state index is -0.958. The molecule has 102 valence electrons. The first-order valence-corrected chi connectivity index (χ1v) is 6.62. The van der Waals surface area contributed by atoms with Gasteiger partial charge in [-0.15, -0.1) is 0 Å². The lowest BCUT2D eigenvalue weighted by atomic mass is 9.89. The predicted molar refractivity (Wildman–Crippen MR) is 77.3 cm³/mol. The Morgan fingerprint density at radius 3 is 2.75 bits per heavy atom. The number of carboxylic acids is 1. The number of hydrogen-bond acceptors (Lipinski definition) is 3. The molecule has 1 unspecified atom stereocenters. The first-order valence-electron chi connectivity index (χ1n) is 6.24. The predicted octanol–water partition coefficient (Wildman–Crippen LogP) is 3.32. The molecule has 20 heavy (non-hydrogen) atoms. The Morgan fingerprint density at radius 2 is 2.10 bits per heavy atom. The van der Waals surface area contributed by atoms with Crippen molar-refractivity contribution in [2.24, 2.45) is 0 Å². The Hall–Kier alpha value is -2.07. The standard InChI is InChI=1S/C15H13ClN2O2/c1-15(11-2-4-12(16)5-3-11)7-9-6-10(14(19)20)8-17-13(9)18-15/h2-6,8H,7H2,1H3,(H,17,18)(H,19,20). The fraction of sp³-hybridized carbons (Fsp3) is 0.200. The molecule has 4 nitrogen and oxygen atoms in total. The van der Waals surface area contributed by atoms with Gasteiger partial charge < -0.3 is 10.4 Å². The van der Waals surface area contributed by atoms with E-state index in [0.717, 1.165) is 16.9 Å². The molecule has 0 amide bonds. The molecule has 1 aliphatic rings. The SMILES string of the molecule is CC1(c2ccc(Cl)cc2)Cc2cc(C(=O)O)cnc2N1. The molecule has 1 atom stereocenters. The average Bonchev–Trinajstić information content (AvgIpc) is 2.75. The Bertz CT molecular complexity index is 685. The molecule has 1 aromatic carbocycles. The van der Waals surface area contributed by atoms with Crippen molar-refractivity contribution in [2.45, 2.75) is 18.9 Å². The molecule has 2 heterocycles. The van der Waals surface area contributed by atoms with Gasteiger partial charge >= 0.3 is 5.97 Å². The third-order valence-corrected chi connectivity index (χ3v) is 3.89. The van der Waals surface area contributed by atoms with E-state index in [1.165, 1.54) is 6.20 Å².